The number of para-hydroxylation sites is 2. The van der Waals surface area contributed by atoms with Crippen LogP contribution in [0.25, 0.3) is 5.70 Å². The SMILES string of the molecule is O=C(COc1ccc(N2C(c3ccc(Cl)cc3)=CN3c4ccccc4SC32)cc1)Nc1ccccc1Cl. The van der Waals surface area contributed by atoms with Gasteiger partial charge in [0.2, 0.25) is 0 Å². The van der Waals surface area contributed by atoms with Gasteiger partial charge in [-0.1, -0.05) is 71.4 Å². The highest BCUT2D eigenvalue weighted by Crippen LogP contribution is 2.51. The summed E-state index contributed by atoms with van der Waals surface area (Å²) < 4.78 is 5.74. The van der Waals surface area contributed by atoms with Gasteiger partial charge in [-0.2, -0.15) is 0 Å². The summed E-state index contributed by atoms with van der Waals surface area (Å²) in [6.45, 7) is -0.119. The Kier molecular flexibility index (Phi) is 6.47. The molecule has 5 nitrogen and oxygen atoms in total. The van der Waals surface area contributed by atoms with Crippen LogP contribution in [-0.2, 0) is 4.79 Å². The number of ether oxygens (including phenoxy) is 1. The fourth-order valence-corrected chi connectivity index (χ4v) is 6.00. The first-order valence-electron chi connectivity index (χ1n) is 11.6. The number of nitrogens with one attached hydrogen (secondary N) is 1. The molecule has 8 heteroatoms. The van der Waals surface area contributed by atoms with Crippen molar-refractivity contribution in [2.24, 2.45) is 0 Å². The molecule has 2 aliphatic heterocycles. The van der Waals surface area contributed by atoms with Gasteiger partial charge in [0.25, 0.3) is 5.91 Å². The molecule has 2 heterocycles. The summed E-state index contributed by atoms with van der Waals surface area (Å²) in [5, 5.41) is 3.95. The number of halogens is 2. The van der Waals surface area contributed by atoms with Gasteiger partial charge in [0.1, 0.15) is 5.75 Å². The summed E-state index contributed by atoms with van der Waals surface area (Å²) in [6.07, 6.45) is 2.19. The second-order valence-corrected chi connectivity index (χ2v) is 10.5. The second-order valence-electron chi connectivity index (χ2n) is 8.52. The minimum atomic E-state index is -0.277. The molecule has 0 saturated heterocycles. The Morgan fingerprint density at radius 3 is 2.41 bits per heavy atom. The molecule has 1 atom stereocenters. The van der Waals surface area contributed by atoms with Gasteiger partial charge in [-0.15, -0.1) is 0 Å². The highest BCUT2D eigenvalue weighted by atomic mass is 35.5. The molecule has 1 N–H and O–H groups in total. The molecule has 0 saturated carbocycles. The van der Waals surface area contributed by atoms with Crippen LogP contribution < -0.4 is 19.9 Å². The second kappa shape index (κ2) is 10.1. The summed E-state index contributed by atoms with van der Waals surface area (Å²) in [5.74, 6) is 0.328. The Bertz CT molecular complexity index is 1490. The number of anilines is 3. The first-order chi connectivity index (χ1) is 18.1. The van der Waals surface area contributed by atoms with E-state index in [2.05, 4.69) is 45.6 Å². The maximum absolute atomic E-state index is 12.3. The Morgan fingerprint density at radius 1 is 0.892 bits per heavy atom. The Morgan fingerprint density at radius 2 is 1.62 bits per heavy atom. The third kappa shape index (κ3) is 4.76. The standard InChI is InChI=1S/C29H21Cl2N3O2S/c30-20-11-9-19(10-12-20)26-17-33-25-7-3-4-8-27(25)37-29(33)34(26)21-13-15-22(16-14-21)36-18-28(35)32-24-6-2-1-5-23(24)31/h1-17,29H,18H2,(H,32,35). The van der Waals surface area contributed by atoms with Crippen molar-refractivity contribution in [3.63, 3.8) is 0 Å². The first-order valence-corrected chi connectivity index (χ1v) is 13.3. The van der Waals surface area contributed by atoms with E-state index in [1.165, 1.54) is 10.6 Å². The molecule has 0 bridgehead atoms. The molecule has 184 valence electrons. The fraction of sp³-hybridized carbons (Fsp3) is 0.0690. The number of amides is 1. The van der Waals surface area contributed by atoms with Gasteiger partial charge in [0.05, 0.1) is 22.1 Å². The van der Waals surface area contributed by atoms with Crippen LogP contribution in [0.3, 0.4) is 0 Å². The van der Waals surface area contributed by atoms with E-state index in [9.17, 15) is 4.79 Å². The summed E-state index contributed by atoms with van der Waals surface area (Å²) >= 11 is 14.1. The molecule has 6 rings (SSSR count). The lowest BCUT2D eigenvalue weighted by atomic mass is 10.1. The molecule has 4 aromatic rings. The van der Waals surface area contributed by atoms with Crippen molar-refractivity contribution in [1.82, 2.24) is 0 Å². The monoisotopic (exact) mass is 545 g/mol. The smallest absolute Gasteiger partial charge is 0.262 e. The van der Waals surface area contributed by atoms with E-state index in [4.69, 9.17) is 27.9 Å². The number of benzene rings is 4. The van der Waals surface area contributed by atoms with Crippen molar-refractivity contribution < 1.29 is 9.53 Å². The molecule has 0 fully saturated rings. The third-order valence-electron chi connectivity index (χ3n) is 6.13. The molecule has 0 aliphatic carbocycles. The topological polar surface area (TPSA) is 44.8 Å². The average molecular weight is 546 g/mol. The highest BCUT2D eigenvalue weighted by Gasteiger charge is 2.40. The summed E-state index contributed by atoms with van der Waals surface area (Å²) in [7, 11) is 0. The molecule has 0 radical (unpaired) electrons. The van der Waals surface area contributed by atoms with E-state index in [1.54, 1.807) is 12.1 Å². The fourth-order valence-electron chi connectivity index (χ4n) is 4.38. The lowest BCUT2D eigenvalue weighted by Crippen LogP contribution is -2.34. The lowest BCUT2D eigenvalue weighted by molar-refractivity contribution is -0.118. The summed E-state index contributed by atoms with van der Waals surface area (Å²) in [4.78, 5) is 18.2. The number of nitrogens with zero attached hydrogens (tertiary/aromatic N) is 2. The maximum Gasteiger partial charge on any atom is 0.262 e. The molecule has 0 aromatic heterocycles. The molecule has 37 heavy (non-hydrogen) atoms. The zero-order valence-electron chi connectivity index (χ0n) is 19.5. The van der Waals surface area contributed by atoms with Gasteiger partial charge < -0.3 is 19.9 Å². The van der Waals surface area contributed by atoms with Gasteiger partial charge >= 0.3 is 0 Å². The van der Waals surface area contributed by atoms with Crippen LogP contribution >= 0.6 is 35.0 Å². The lowest BCUT2D eigenvalue weighted by Gasteiger charge is -2.29. The quantitative estimate of drug-likeness (QED) is 0.268. The van der Waals surface area contributed by atoms with E-state index >= 15 is 0 Å². The van der Waals surface area contributed by atoms with Gasteiger partial charge in [-0.3, -0.25) is 4.79 Å². The van der Waals surface area contributed by atoms with E-state index in [-0.39, 0.29) is 18.0 Å². The molecular formula is C29H21Cl2N3O2S. The van der Waals surface area contributed by atoms with Crippen LogP contribution in [0.15, 0.2) is 108 Å². The molecule has 2 aliphatic rings. The van der Waals surface area contributed by atoms with E-state index in [1.807, 2.05) is 72.4 Å². The van der Waals surface area contributed by atoms with Crippen LogP contribution in [0.1, 0.15) is 5.56 Å². The number of fused-ring (bicyclic) bond motifs is 3. The predicted octanol–water partition coefficient (Wildman–Crippen LogP) is 7.73. The largest absolute Gasteiger partial charge is 0.484 e. The number of hydrogen-bond donors (Lipinski definition) is 1. The van der Waals surface area contributed by atoms with Crippen LogP contribution in [0.5, 0.6) is 5.75 Å². The van der Waals surface area contributed by atoms with Crippen molar-refractivity contribution in [2.45, 2.75) is 10.4 Å². The van der Waals surface area contributed by atoms with E-state index in [0.717, 1.165) is 16.9 Å². The van der Waals surface area contributed by atoms with E-state index < -0.39 is 0 Å². The van der Waals surface area contributed by atoms with Crippen molar-refractivity contribution in [2.75, 3.05) is 21.7 Å². The molecule has 1 amide bonds. The minimum absolute atomic E-state index is 0.0521. The van der Waals surface area contributed by atoms with Crippen LogP contribution in [0, 0.1) is 0 Å². The van der Waals surface area contributed by atoms with Crippen molar-refractivity contribution in [3.8, 4) is 5.75 Å². The minimum Gasteiger partial charge on any atom is -0.484 e. The maximum atomic E-state index is 12.3. The zero-order valence-corrected chi connectivity index (χ0v) is 21.8. The highest BCUT2D eigenvalue weighted by molar-refractivity contribution is 8.00. The normalized spacial score (nSPS) is 15.7. The number of carbonyl (C=O) groups excluding carboxylic acids is 1. The van der Waals surface area contributed by atoms with Crippen molar-refractivity contribution >= 4 is 63.6 Å². The summed E-state index contributed by atoms with van der Waals surface area (Å²) in [5.41, 5.74) is 4.97. The summed E-state index contributed by atoms with van der Waals surface area (Å²) in [6, 6.07) is 31.2. The van der Waals surface area contributed by atoms with E-state index in [0.29, 0.717) is 21.5 Å². The van der Waals surface area contributed by atoms with Crippen molar-refractivity contribution in [1.29, 1.82) is 0 Å². The van der Waals surface area contributed by atoms with Gasteiger partial charge in [-0.05, 0) is 66.2 Å². The van der Waals surface area contributed by atoms with Crippen molar-refractivity contribution in [3.05, 3.63) is 119 Å². The first kappa shape index (κ1) is 23.8. The number of rotatable bonds is 6. The van der Waals surface area contributed by atoms with Crippen LogP contribution in [0.2, 0.25) is 10.0 Å². The Hall–Kier alpha value is -3.58. The molecular weight excluding hydrogens is 525 g/mol. The Labute approximate surface area is 229 Å². The molecule has 4 aromatic carbocycles. The molecule has 0 spiro atoms. The number of hydrogen-bond acceptors (Lipinski definition) is 5. The van der Waals surface area contributed by atoms with Crippen LogP contribution in [-0.4, -0.2) is 18.0 Å². The van der Waals surface area contributed by atoms with Gasteiger partial charge in [0, 0.05) is 21.8 Å². The average Bonchev–Trinajstić information content (AvgIpc) is 3.46. The predicted molar refractivity (Wildman–Crippen MR) is 152 cm³/mol. The Balaban J connectivity index is 1.21. The number of carbonyl (C=O) groups is 1. The molecule has 1 unspecified atom stereocenters. The van der Waals surface area contributed by atoms with Gasteiger partial charge in [0.15, 0.2) is 12.1 Å². The third-order valence-corrected chi connectivity index (χ3v) is 7.96. The van der Waals surface area contributed by atoms with Crippen LogP contribution in [0.4, 0.5) is 17.1 Å². The number of thioether (sulfide) groups is 1. The van der Waals surface area contributed by atoms with Gasteiger partial charge in [-0.25, -0.2) is 0 Å². The zero-order chi connectivity index (χ0) is 25.4.